The molecule has 2 amide bonds. The van der Waals surface area contributed by atoms with Crippen LogP contribution >= 0.6 is 0 Å². The van der Waals surface area contributed by atoms with Crippen molar-refractivity contribution in [3.63, 3.8) is 0 Å². The summed E-state index contributed by atoms with van der Waals surface area (Å²) in [5.41, 5.74) is 0.591. The van der Waals surface area contributed by atoms with E-state index in [0.717, 1.165) is 12.1 Å². The first-order valence-corrected chi connectivity index (χ1v) is 12.5. The first-order chi connectivity index (χ1) is 15.6. The molecule has 9 heteroatoms. The average Bonchev–Trinajstić information content (AvgIpc) is 2.82. The topological polar surface area (TPSA) is 86.8 Å². The van der Waals surface area contributed by atoms with Gasteiger partial charge in [0.05, 0.1) is 4.90 Å². The molecule has 3 atom stereocenters. The number of piperazine rings is 1. The molecule has 3 unspecified atom stereocenters. The van der Waals surface area contributed by atoms with Gasteiger partial charge in [-0.3, -0.25) is 9.59 Å². The molecule has 1 heterocycles. The Bertz CT molecular complexity index is 1080. The summed E-state index contributed by atoms with van der Waals surface area (Å²) < 4.78 is 41.5. The van der Waals surface area contributed by atoms with Crippen molar-refractivity contribution in [2.24, 2.45) is 5.92 Å². The van der Waals surface area contributed by atoms with E-state index < -0.39 is 21.9 Å². The summed E-state index contributed by atoms with van der Waals surface area (Å²) in [5.74, 6) is -1.22. The smallest absolute Gasteiger partial charge is 0.254 e. The summed E-state index contributed by atoms with van der Waals surface area (Å²) >= 11 is 0. The van der Waals surface area contributed by atoms with Gasteiger partial charge in [0.2, 0.25) is 15.9 Å². The predicted octanol–water partition coefficient (Wildman–Crippen LogP) is 2.89. The third kappa shape index (κ3) is 5.78. The van der Waals surface area contributed by atoms with Crippen molar-refractivity contribution in [2.45, 2.75) is 44.2 Å². The van der Waals surface area contributed by atoms with Gasteiger partial charge >= 0.3 is 0 Å². The fraction of sp³-hybridized carbons (Fsp3) is 0.417. The van der Waals surface area contributed by atoms with Gasteiger partial charge in [-0.05, 0) is 49.2 Å². The van der Waals surface area contributed by atoms with Crippen molar-refractivity contribution in [1.82, 2.24) is 14.5 Å². The molecule has 3 rings (SSSR count). The van der Waals surface area contributed by atoms with E-state index >= 15 is 0 Å². The monoisotopic (exact) mass is 475 g/mol. The Labute approximate surface area is 194 Å². The normalized spacial score (nSPS) is 18.6. The van der Waals surface area contributed by atoms with E-state index in [9.17, 15) is 22.4 Å². The van der Waals surface area contributed by atoms with Crippen LogP contribution in [-0.4, -0.2) is 61.7 Å². The number of sulfonamides is 1. The average molecular weight is 476 g/mol. The standard InChI is InChI=1S/C24H30FN3O4S/c1-4-17(2)22(26-33(31,32)21-12-10-20(25)11-13-21)24(30)27-14-15-28(18(3)16-27)23(29)19-8-6-5-7-9-19/h5-13,17-18,22,26H,4,14-16H2,1-3H3. The lowest BCUT2D eigenvalue weighted by molar-refractivity contribution is -0.136. The fourth-order valence-electron chi connectivity index (χ4n) is 3.90. The zero-order valence-electron chi connectivity index (χ0n) is 19.1. The summed E-state index contributed by atoms with van der Waals surface area (Å²) in [6.07, 6.45) is 0.588. The van der Waals surface area contributed by atoms with Crippen molar-refractivity contribution in [3.05, 3.63) is 66.0 Å². The van der Waals surface area contributed by atoms with Gasteiger partial charge in [-0.25, -0.2) is 12.8 Å². The van der Waals surface area contributed by atoms with Crippen LogP contribution in [0.2, 0.25) is 0 Å². The molecular formula is C24H30FN3O4S. The summed E-state index contributed by atoms with van der Waals surface area (Å²) in [5, 5.41) is 0. The second-order valence-electron chi connectivity index (χ2n) is 8.44. The fourth-order valence-corrected chi connectivity index (χ4v) is 5.20. The maximum absolute atomic E-state index is 13.4. The van der Waals surface area contributed by atoms with Crippen LogP contribution in [0.25, 0.3) is 0 Å². The van der Waals surface area contributed by atoms with Crippen LogP contribution in [0.15, 0.2) is 59.5 Å². The quantitative estimate of drug-likeness (QED) is 0.667. The molecule has 1 aliphatic rings. The number of nitrogens with zero attached hydrogens (tertiary/aromatic N) is 2. The summed E-state index contributed by atoms with van der Waals surface area (Å²) in [7, 11) is -4.02. The Hall–Kier alpha value is -2.78. The number of hydrogen-bond donors (Lipinski definition) is 1. The SMILES string of the molecule is CCC(C)C(NS(=O)(=O)c1ccc(F)cc1)C(=O)N1CCN(C(=O)c2ccccc2)C(C)C1. The Morgan fingerprint density at radius 3 is 2.30 bits per heavy atom. The maximum atomic E-state index is 13.4. The molecular weight excluding hydrogens is 445 g/mol. The number of hydrogen-bond acceptors (Lipinski definition) is 4. The molecule has 0 bridgehead atoms. The second kappa shape index (κ2) is 10.4. The lowest BCUT2D eigenvalue weighted by Crippen LogP contribution is -2.60. The first kappa shape index (κ1) is 24.9. The van der Waals surface area contributed by atoms with Crippen LogP contribution in [0.4, 0.5) is 4.39 Å². The molecule has 2 aromatic carbocycles. The van der Waals surface area contributed by atoms with E-state index in [1.54, 1.807) is 21.9 Å². The van der Waals surface area contributed by atoms with Crippen LogP contribution in [-0.2, 0) is 14.8 Å². The molecule has 1 aliphatic heterocycles. The molecule has 0 saturated carbocycles. The molecule has 1 fully saturated rings. The third-order valence-corrected chi connectivity index (χ3v) is 7.56. The molecule has 33 heavy (non-hydrogen) atoms. The maximum Gasteiger partial charge on any atom is 0.254 e. The minimum absolute atomic E-state index is 0.0920. The number of nitrogens with one attached hydrogen (secondary N) is 1. The number of carbonyl (C=O) groups excluding carboxylic acids is 2. The van der Waals surface area contributed by atoms with Gasteiger partial charge in [0, 0.05) is 31.2 Å². The zero-order chi connectivity index (χ0) is 24.2. The highest BCUT2D eigenvalue weighted by Crippen LogP contribution is 2.20. The largest absolute Gasteiger partial charge is 0.337 e. The molecule has 1 saturated heterocycles. The minimum atomic E-state index is -4.02. The van der Waals surface area contributed by atoms with Crippen LogP contribution in [0.3, 0.4) is 0 Å². The minimum Gasteiger partial charge on any atom is -0.337 e. The molecule has 0 radical (unpaired) electrons. The van der Waals surface area contributed by atoms with Gasteiger partial charge < -0.3 is 9.80 Å². The van der Waals surface area contributed by atoms with Crippen molar-refractivity contribution in [1.29, 1.82) is 0 Å². The van der Waals surface area contributed by atoms with Gasteiger partial charge in [0.1, 0.15) is 11.9 Å². The van der Waals surface area contributed by atoms with E-state index in [1.165, 1.54) is 12.1 Å². The Balaban J connectivity index is 1.74. The highest BCUT2D eigenvalue weighted by atomic mass is 32.2. The molecule has 0 aliphatic carbocycles. The van der Waals surface area contributed by atoms with E-state index in [2.05, 4.69) is 4.72 Å². The van der Waals surface area contributed by atoms with Gasteiger partial charge in [-0.2, -0.15) is 4.72 Å². The van der Waals surface area contributed by atoms with Gasteiger partial charge in [0.25, 0.3) is 5.91 Å². The third-order valence-electron chi connectivity index (χ3n) is 6.11. The predicted molar refractivity (Wildman–Crippen MR) is 123 cm³/mol. The summed E-state index contributed by atoms with van der Waals surface area (Å²) in [6.45, 7) is 6.56. The molecule has 7 nitrogen and oxygen atoms in total. The van der Waals surface area contributed by atoms with Crippen LogP contribution in [0.1, 0.15) is 37.6 Å². The number of amides is 2. The zero-order valence-corrected chi connectivity index (χ0v) is 19.9. The molecule has 1 N–H and O–H groups in total. The lowest BCUT2D eigenvalue weighted by Gasteiger charge is -2.41. The molecule has 0 spiro atoms. The van der Waals surface area contributed by atoms with E-state index in [1.807, 2.05) is 39.0 Å². The van der Waals surface area contributed by atoms with Crippen LogP contribution in [0.5, 0.6) is 0 Å². The van der Waals surface area contributed by atoms with Gasteiger partial charge in [0.15, 0.2) is 0 Å². The Kier molecular flexibility index (Phi) is 7.86. The van der Waals surface area contributed by atoms with Crippen molar-refractivity contribution < 1.29 is 22.4 Å². The van der Waals surface area contributed by atoms with E-state index in [4.69, 9.17) is 0 Å². The van der Waals surface area contributed by atoms with Crippen molar-refractivity contribution in [2.75, 3.05) is 19.6 Å². The van der Waals surface area contributed by atoms with Crippen molar-refractivity contribution in [3.8, 4) is 0 Å². The number of benzene rings is 2. The van der Waals surface area contributed by atoms with Gasteiger partial charge in [-0.15, -0.1) is 0 Å². The second-order valence-corrected chi connectivity index (χ2v) is 10.2. The van der Waals surface area contributed by atoms with Gasteiger partial charge in [-0.1, -0.05) is 38.5 Å². The molecule has 2 aromatic rings. The number of halogens is 1. The molecule has 178 valence electrons. The van der Waals surface area contributed by atoms with Crippen LogP contribution < -0.4 is 4.72 Å². The Morgan fingerprint density at radius 1 is 1.09 bits per heavy atom. The Morgan fingerprint density at radius 2 is 1.73 bits per heavy atom. The van der Waals surface area contributed by atoms with E-state index in [-0.39, 0.29) is 28.7 Å². The summed E-state index contributed by atoms with van der Waals surface area (Å²) in [4.78, 5) is 29.5. The number of carbonyl (C=O) groups is 2. The first-order valence-electron chi connectivity index (χ1n) is 11.1. The summed E-state index contributed by atoms with van der Waals surface area (Å²) in [6, 6.07) is 12.3. The number of rotatable bonds is 7. The molecule has 0 aromatic heterocycles. The van der Waals surface area contributed by atoms with E-state index in [0.29, 0.717) is 31.6 Å². The van der Waals surface area contributed by atoms with Crippen molar-refractivity contribution >= 4 is 21.8 Å². The highest BCUT2D eigenvalue weighted by Gasteiger charge is 2.36. The lowest BCUT2D eigenvalue weighted by atomic mass is 9.98. The highest BCUT2D eigenvalue weighted by molar-refractivity contribution is 7.89. The van der Waals surface area contributed by atoms with Crippen LogP contribution in [0, 0.1) is 11.7 Å².